The molecule has 18 nitrogen and oxygen atoms in total. The quantitative estimate of drug-likeness (QED) is 0.0359. The van der Waals surface area contributed by atoms with E-state index in [-0.39, 0.29) is 43.2 Å². The van der Waals surface area contributed by atoms with E-state index in [1.165, 1.54) is 17.2 Å². The van der Waals surface area contributed by atoms with E-state index in [0.29, 0.717) is 37.2 Å². The van der Waals surface area contributed by atoms with Crippen LogP contribution in [0.25, 0.3) is 11.2 Å². The largest absolute Gasteiger partial charge is 0.390 e. The molecule has 60 heavy (non-hydrogen) atoms. The fourth-order valence-electron chi connectivity index (χ4n) is 7.70. The van der Waals surface area contributed by atoms with Gasteiger partial charge in [-0.1, -0.05) is 32.6 Å². The first-order chi connectivity index (χ1) is 29.0. The first kappa shape index (κ1) is 47.1. The summed E-state index contributed by atoms with van der Waals surface area (Å²) in [6.45, 7) is 3.57. The number of carbonyl (C=O) groups is 1. The number of imidazole rings is 1. The zero-order valence-corrected chi connectivity index (χ0v) is 39.8. The zero-order valence-electron chi connectivity index (χ0n) is 33.3. The van der Waals surface area contributed by atoms with Crippen LogP contribution in [0.15, 0.2) is 41.8 Å². The Labute approximate surface area is 389 Å². The van der Waals surface area contributed by atoms with Gasteiger partial charge in [0.1, 0.15) is 29.9 Å². The first-order valence-corrected chi connectivity index (χ1v) is 23.5. The van der Waals surface area contributed by atoms with Crippen LogP contribution in [-0.2, 0) is 23.8 Å². The maximum absolute atomic E-state index is 12.8. The second-order valence-corrected chi connectivity index (χ2v) is 18.7. The van der Waals surface area contributed by atoms with Gasteiger partial charge >= 0.3 is 5.69 Å². The van der Waals surface area contributed by atoms with Crippen LogP contribution in [0.2, 0.25) is 0 Å². The summed E-state index contributed by atoms with van der Waals surface area (Å²) >= 11 is 6.77. The van der Waals surface area contributed by atoms with Crippen molar-refractivity contribution in [3.8, 4) is 0 Å². The van der Waals surface area contributed by atoms with Crippen molar-refractivity contribution in [3.05, 3.63) is 58.2 Å². The Morgan fingerprint density at radius 2 is 1.75 bits per heavy atom. The minimum Gasteiger partial charge on any atom is -0.390 e. The number of benzene rings is 1. The van der Waals surface area contributed by atoms with Crippen LogP contribution in [0, 0.1) is 22.5 Å². The number of hydrogen-bond donors (Lipinski definition) is 6. The molecule has 1 aliphatic carbocycles. The standard InChI is InChI=1S/C39H53I3N10O8/c1-2-3-7-13-58-35-27(51-11-10-29(43)49-39(51)56)14-22(33(35)54)18-59-48-17-24-28(60-38(34(24)55)52-21-47-32-36(44)45-20-46-37(32)52)19-57-12-8-5-4-6-9-30(53)50-31-25(41)15-23(40)16-26(31)42/h10-11,15-16,20-22,24,27-28,33-35,38,48,54-55H,2-9,12-14,17-19H2,1H3,(H,50,53)(H2,43,49,56)(H2,44,45,46). The molecule has 3 aromatic heterocycles. The molecule has 328 valence electrons. The van der Waals surface area contributed by atoms with Crippen LogP contribution >= 0.6 is 67.8 Å². The predicted molar refractivity (Wildman–Crippen MR) is 250 cm³/mol. The molecule has 4 heterocycles. The van der Waals surface area contributed by atoms with Gasteiger partial charge in [0, 0.05) is 54.9 Å². The Bertz CT molecular complexity index is 2070. The topological polar surface area (TPSA) is 249 Å². The lowest BCUT2D eigenvalue weighted by molar-refractivity contribution is -0.116. The van der Waals surface area contributed by atoms with Gasteiger partial charge in [-0.2, -0.15) is 4.98 Å². The number of nitrogens with zero attached hydrogens (tertiary/aromatic N) is 6. The average Bonchev–Trinajstić information content (AvgIpc) is 3.87. The number of fused-ring (bicyclic) bond motifs is 1. The van der Waals surface area contributed by atoms with Gasteiger partial charge in [0.25, 0.3) is 0 Å². The molecule has 8 atom stereocenters. The van der Waals surface area contributed by atoms with Crippen LogP contribution in [0.5, 0.6) is 0 Å². The highest BCUT2D eigenvalue weighted by molar-refractivity contribution is 14.1. The summed E-state index contributed by atoms with van der Waals surface area (Å²) < 4.78 is 25.0. The Morgan fingerprint density at radius 3 is 2.52 bits per heavy atom. The van der Waals surface area contributed by atoms with Gasteiger partial charge in [-0.05, 0) is 112 Å². The van der Waals surface area contributed by atoms with E-state index in [4.69, 9.17) is 30.5 Å². The van der Waals surface area contributed by atoms with Crippen molar-refractivity contribution in [1.29, 1.82) is 0 Å². The molecule has 1 aliphatic heterocycles. The van der Waals surface area contributed by atoms with Gasteiger partial charge in [0.05, 0.1) is 43.5 Å². The van der Waals surface area contributed by atoms with Gasteiger partial charge in [0.15, 0.2) is 17.7 Å². The number of nitrogens with two attached hydrogens (primary N) is 2. The Morgan fingerprint density at radius 1 is 0.983 bits per heavy atom. The minimum atomic E-state index is -1.01. The number of unbranched alkanes of at least 4 members (excludes halogenated alkanes) is 5. The molecule has 0 spiro atoms. The maximum Gasteiger partial charge on any atom is 0.349 e. The number of aliphatic hydroxyl groups is 2. The Hall–Kier alpha value is -2.37. The summed E-state index contributed by atoms with van der Waals surface area (Å²) in [7, 11) is 0. The van der Waals surface area contributed by atoms with Crippen LogP contribution < -0.4 is 28.0 Å². The molecular formula is C39H53I3N10O8. The molecule has 1 saturated carbocycles. The number of aromatic nitrogens is 6. The van der Waals surface area contributed by atoms with Crippen molar-refractivity contribution in [2.45, 2.75) is 101 Å². The Kier molecular flexibility index (Phi) is 17.9. The third-order valence-electron chi connectivity index (χ3n) is 10.9. The summed E-state index contributed by atoms with van der Waals surface area (Å²) in [6.07, 6.45) is 7.61. The van der Waals surface area contributed by atoms with Gasteiger partial charge in [0.2, 0.25) is 5.91 Å². The molecule has 0 radical (unpaired) electrons. The monoisotopic (exact) mass is 1170 g/mol. The van der Waals surface area contributed by atoms with Crippen molar-refractivity contribution < 1.29 is 34.1 Å². The number of ether oxygens (including phenoxy) is 3. The fraction of sp³-hybridized carbons (Fsp3) is 0.590. The highest BCUT2D eigenvalue weighted by Gasteiger charge is 2.47. The van der Waals surface area contributed by atoms with Crippen molar-refractivity contribution in [2.24, 2.45) is 11.8 Å². The van der Waals surface area contributed by atoms with E-state index >= 15 is 0 Å². The summed E-state index contributed by atoms with van der Waals surface area (Å²) in [5.74, 6) is -0.488. The number of nitrogen functional groups attached to an aromatic ring is 2. The normalized spacial score (nSPS) is 24.1. The minimum absolute atomic E-state index is 0.00502. The lowest BCUT2D eigenvalue weighted by Crippen LogP contribution is -2.39. The molecule has 1 amide bonds. The van der Waals surface area contributed by atoms with E-state index < -0.39 is 48.3 Å². The number of aliphatic hydroxyl groups excluding tert-OH is 2. The van der Waals surface area contributed by atoms with E-state index in [1.54, 1.807) is 16.8 Å². The molecule has 8 N–H and O–H groups in total. The molecule has 1 aromatic carbocycles. The average molecular weight is 1170 g/mol. The summed E-state index contributed by atoms with van der Waals surface area (Å²) in [5, 5.41) is 26.1. The molecule has 0 bridgehead atoms. The van der Waals surface area contributed by atoms with Gasteiger partial charge < -0.3 is 46.0 Å². The van der Waals surface area contributed by atoms with Crippen LogP contribution in [0.1, 0.15) is 77.0 Å². The molecule has 4 aromatic rings. The molecule has 6 rings (SSSR count). The number of halogens is 3. The van der Waals surface area contributed by atoms with E-state index in [0.717, 1.165) is 61.3 Å². The van der Waals surface area contributed by atoms with Gasteiger partial charge in [-0.25, -0.2) is 25.2 Å². The molecule has 8 unspecified atom stereocenters. The number of carbonyl (C=O) groups excluding carboxylic acids is 1. The summed E-state index contributed by atoms with van der Waals surface area (Å²) in [4.78, 5) is 48.0. The predicted octanol–water partition coefficient (Wildman–Crippen LogP) is 4.56. The molecule has 1 saturated heterocycles. The molecule has 21 heteroatoms. The lowest BCUT2D eigenvalue weighted by Gasteiger charge is -2.24. The number of rotatable bonds is 22. The number of hydrogen-bond acceptors (Lipinski definition) is 15. The highest BCUT2D eigenvalue weighted by Crippen LogP contribution is 2.38. The number of amides is 1. The number of hydroxylamine groups is 1. The lowest BCUT2D eigenvalue weighted by atomic mass is 9.98. The van der Waals surface area contributed by atoms with Crippen molar-refractivity contribution in [2.75, 3.05) is 49.8 Å². The van der Waals surface area contributed by atoms with Gasteiger partial charge in [-0.3, -0.25) is 13.9 Å². The molecule has 2 fully saturated rings. The molecule has 2 aliphatic rings. The fourth-order valence-corrected chi connectivity index (χ4v) is 11.6. The van der Waals surface area contributed by atoms with Crippen molar-refractivity contribution >= 4 is 102 Å². The van der Waals surface area contributed by atoms with E-state index in [9.17, 15) is 19.8 Å². The highest BCUT2D eigenvalue weighted by atomic mass is 127. The number of nitrogens with one attached hydrogen (secondary N) is 2. The smallest absolute Gasteiger partial charge is 0.349 e. The van der Waals surface area contributed by atoms with Crippen molar-refractivity contribution in [1.82, 2.24) is 34.6 Å². The van der Waals surface area contributed by atoms with Crippen LogP contribution in [-0.4, -0.2) is 103 Å². The SMILES string of the molecule is CCCCCOC1C(O)C(CONCC2C(COCCCCCCC(=O)Nc3c(I)cc(I)cc3I)OC(n3cnc4c(N)ncnc43)C2O)CC1n1ccc(N)nc1=O. The van der Waals surface area contributed by atoms with Crippen LogP contribution in [0.3, 0.4) is 0 Å². The second-order valence-electron chi connectivity index (χ2n) is 15.1. The van der Waals surface area contributed by atoms with E-state index in [1.807, 2.05) is 12.1 Å². The zero-order chi connectivity index (χ0) is 42.8. The van der Waals surface area contributed by atoms with Crippen LogP contribution in [0.4, 0.5) is 17.3 Å². The third kappa shape index (κ3) is 12.0. The summed E-state index contributed by atoms with van der Waals surface area (Å²) in [6, 6.07) is 5.19. The second kappa shape index (κ2) is 22.8. The summed E-state index contributed by atoms with van der Waals surface area (Å²) in [5.41, 5.74) is 16.0. The number of anilines is 3. The Balaban J connectivity index is 1.01. The first-order valence-electron chi connectivity index (χ1n) is 20.2. The van der Waals surface area contributed by atoms with Crippen molar-refractivity contribution in [3.63, 3.8) is 0 Å². The molecular weight excluding hydrogens is 1120 g/mol. The van der Waals surface area contributed by atoms with E-state index in [2.05, 4.69) is 105 Å². The third-order valence-corrected chi connectivity index (χ3v) is 13.2. The van der Waals surface area contributed by atoms with Gasteiger partial charge in [-0.15, -0.1) is 0 Å². The maximum atomic E-state index is 12.8.